The summed E-state index contributed by atoms with van der Waals surface area (Å²) < 4.78 is 1.07. The highest BCUT2D eigenvalue weighted by molar-refractivity contribution is 9.10. The Labute approximate surface area is 151 Å². The Bertz CT molecular complexity index is 967. The van der Waals surface area contributed by atoms with Crippen LogP contribution in [-0.4, -0.2) is 9.97 Å². The molecule has 24 heavy (non-hydrogen) atoms. The zero-order valence-electron chi connectivity index (χ0n) is 12.7. The molecule has 6 heteroatoms. The second-order valence-corrected chi connectivity index (χ2v) is 7.10. The van der Waals surface area contributed by atoms with E-state index in [2.05, 4.69) is 71.9 Å². The smallest absolute Gasteiger partial charge is 0.171 e. The normalized spacial score (nSPS) is 10.9. The number of pyridine rings is 1. The molecular weight excluding hydrogens is 384 g/mol. The summed E-state index contributed by atoms with van der Waals surface area (Å²) in [6.07, 6.45) is 5.50. The zero-order valence-corrected chi connectivity index (χ0v) is 15.1. The van der Waals surface area contributed by atoms with Crippen LogP contribution < -0.4 is 10.3 Å². The van der Waals surface area contributed by atoms with Crippen molar-refractivity contribution in [2.75, 3.05) is 5.32 Å². The average Bonchev–Trinajstić information content (AvgIpc) is 3.06. The van der Waals surface area contributed by atoms with Crippen LogP contribution in [0.5, 0.6) is 0 Å². The van der Waals surface area contributed by atoms with Gasteiger partial charge in [-0.2, -0.15) is 0 Å². The maximum atomic E-state index is 4.46. The molecule has 0 spiro atoms. The fourth-order valence-corrected chi connectivity index (χ4v) is 3.76. The second kappa shape index (κ2) is 6.67. The van der Waals surface area contributed by atoms with Gasteiger partial charge in [0.25, 0.3) is 0 Å². The maximum Gasteiger partial charge on any atom is 0.171 e. The molecule has 4 aromatic rings. The standard InChI is InChI=1S/C18H13BrN4S/c19-14-5-3-13(4-6-14)15-10-24-18-16(15)17(22-11-23-18)21-9-12-2-1-7-20-8-12/h1-8,10-11H,9H2,(H,21,22,23)/p+1. The van der Waals surface area contributed by atoms with Gasteiger partial charge in [0.15, 0.2) is 12.4 Å². The first kappa shape index (κ1) is 15.2. The van der Waals surface area contributed by atoms with E-state index < -0.39 is 0 Å². The molecule has 1 aromatic carbocycles. The van der Waals surface area contributed by atoms with E-state index in [1.54, 1.807) is 17.7 Å². The molecule has 3 heterocycles. The van der Waals surface area contributed by atoms with E-state index in [9.17, 15) is 0 Å². The quantitative estimate of drug-likeness (QED) is 0.549. The van der Waals surface area contributed by atoms with E-state index >= 15 is 0 Å². The van der Waals surface area contributed by atoms with Crippen molar-refractivity contribution in [1.82, 2.24) is 9.97 Å². The predicted molar refractivity (Wildman–Crippen MR) is 101 cm³/mol. The third-order valence-electron chi connectivity index (χ3n) is 3.76. The molecule has 0 unspecified atom stereocenters. The molecule has 0 saturated carbocycles. The van der Waals surface area contributed by atoms with Crippen LogP contribution in [0.25, 0.3) is 21.3 Å². The Hall–Kier alpha value is -2.31. The van der Waals surface area contributed by atoms with Gasteiger partial charge in [-0.3, -0.25) is 0 Å². The van der Waals surface area contributed by atoms with Gasteiger partial charge in [-0.15, -0.1) is 11.3 Å². The lowest BCUT2D eigenvalue weighted by Crippen LogP contribution is -2.06. The molecule has 0 aliphatic heterocycles. The van der Waals surface area contributed by atoms with Gasteiger partial charge in [-0.05, 0) is 23.8 Å². The average molecular weight is 398 g/mol. The molecule has 0 atom stereocenters. The number of rotatable bonds is 4. The highest BCUT2D eigenvalue weighted by Gasteiger charge is 2.13. The molecule has 0 saturated heterocycles. The summed E-state index contributed by atoms with van der Waals surface area (Å²) in [7, 11) is 0. The summed E-state index contributed by atoms with van der Waals surface area (Å²) in [5.41, 5.74) is 3.49. The molecule has 0 aliphatic rings. The molecule has 0 bridgehead atoms. The minimum Gasteiger partial charge on any atom is -0.365 e. The molecule has 2 N–H and O–H groups in total. The number of fused-ring (bicyclic) bond motifs is 1. The summed E-state index contributed by atoms with van der Waals surface area (Å²) in [6, 6.07) is 12.4. The van der Waals surface area contributed by atoms with Gasteiger partial charge in [0, 0.05) is 33.6 Å². The summed E-state index contributed by atoms with van der Waals surface area (Å²) in [5.74, 6) is 0.864. The van der Waals surface area contributed by atoms with Crippen LogP contribution in [0.15, 0.2) is 65.0 Å². The number of thiophene rings is 1. The minimum atomic E-state index is 0.707. The van der Waals surface area contributed by atoms with Gasteiger partial charge in [-0.1, -0.05) is 28.1 Å². The number of nitrogens with one attached hydrogen (secondary N) is 2. The first-order valence-corrected chi connectivity index (χ1v) is 9.15. The number of anilines is 1. The highest BCUT2D eigenvalue weighted by atomic mass is 79.9. The topological polar surface area (TPSA) is 52.0 Å². The van der Waals surface area contributed by atoms with Crippen LogP contribution in [-0.2, 0) is 6.54 Å². The number of hydrogen-bond acceptors (Lipinski definition) is 4. The molecule has 0 radical (unpaired) electrons. The van der Waals surface area contributed by atoms with Crippen LogP contribution in [0.2, 0.25) is 0 Å². The Morgan fingerprint density at radius 1 is 1.12 bits per heavy atom. The predicted octanol–water partition coefficient (Wildman–Crippen LogP) is 4.55. The van der Waals surface area contributed by atoms with Crippen LogP contribution in [0.4, 0.5) is 5.82 Å². The number of aromatic amines is 1. The summed E-state index contributed by atoms with van der Waals surface area (Å²) >= 11 is 5.13. The minimum absolute atomic E-state index is 0.707. The summed E-state index contributed by atoms with van der Waals surface area (Å²) in [6.45, 7) is 0.707. The SMILES string of the molecule is Brc1ccc(-c2csc3ncnc(NCc4ccc[nH+]c4)c23)cc1. The largest absolute Gasteiger partial charge is 0.365 e. The lowest BCUT2D eigenvalue weighted by molar-refractivity contribution is -0.378. The van der Waals surface area contributed by atoms with Crippen LogP contribution in [0.1, 0.15) is 5.56 Å². The Morgan fingerprint density at radius 3 is 2.79 bits per heavy atom. The van der Waals surface area contributed by atoms with Crippen molar-refractivity contribution in [3.05, 3.63) is 70.5 Å². The highest BCUT2D eigenvalue weighted by Crippen LogP contribution is 2.36. The summed E-state index contributed by atoms with van der Waals surface area (Å²) in [5, 5.41) is 6.65. The first-order chi connectivity index (χ1) is 11.8. The van der Waals surface area contributed by atoms with E-state index in [1.807, 2.05) is 18.5 Å². The second-order valence-electron chi connectivity index (χ2n) is 5.32. The van der Waals surface area contributed by atoms with Gasteiger partial charge >= 0.3 is 0 Å². The van der Waals surface area contributed by atoms with Crippen LogP contribution in [0.3, 0.4) is 0 Å². The number of halogens is 1. The molecule has 0 aliphatic carbocycles. The van der Waals surface area contributed by atoms with Crippen molar-refractivity contribution in [3.8, 4) is 11.1 Å². The van der Waals surface area contributed by atoms with Gasteiger partial charge < -0.3 is 5.32 Å². The van der Waals surface area contributed by atoms with Crippen molar-refractivity contribution in [2.45, 2.75) is 6.54 Å². The lowest BCUT2D eigenvalue weighted by atomic mass is 10.1. The first-order valence-electron chi connectivity index (χ1n) is 7.48. The van der Waals surface area contributed by atoms with Crippen molar-refractivity contribution < 1.29 is 4.98 Å². The van der Waals surface area contributed by atoms with Gasteiger partial charge in [-0.25, -0.2) is 15.0 Å². The van der Waals surface area contributed by atoms with Gasteiger partial charge in [0.1, 0.15) is 17.0 Å². The van der Waals surface area contributed by atoms with E-state index in [-0.39, 0.29) is 0 Å². The number of aromatic nitrogens is 3. The molecule has 4 rings (SSSR count). The molecular formula is C18H14BrN4S+. The van der Waals surface area contributed by atoms with Crippen molar-refractivity contribution in [1.29, 1.82) is 0 Å². The van der Waals surface area contributed by atoms with Crippen LogP contribution in [0, 0.1) is 0 Å². The third-order valence-corrected chi connectivity index (χ3v) is 5.17. The zero-order chi connectivity index (χ0) is 16.4. The van der Waals surface area contributed by atoms with Crippen molar-refractivity contribution >= 4 is 43.3 Å². The number of nitrogens with zero attached hydrogens (tertiary/aromatic N) is 2. The van der Waals surface area contributed by atoms with E-state index in [1.165, 1.54) is 5.56 Å². The van der Waals surface area contributed by atoms with E-state index in [0.29, 0.717) is 6.54 Å². The Balaban J connectivity index is 1.73. The number of hydrogen-bond donors (Lipinski definition) is 1. The Morgan fingerprint density at radius 2 is 2.00 bits per heavy atom. The fraction of sp³-hybridized carbons (Fsp3) is 0.0556. The van der Waals surface area contributed by atoms with Gasteiger partial charge in [0.2, 0.25) is 0 Å². The number of benzene rings is 1. The summed E-state index contributed by atoms with van der Waals surface area (Å²) in [4.78, 5) is 13.0. The monoisotopic (exact) mass is 397 g/mol. The Kier molecular flexibility index (Phi) is 4.23. The van der Waals surface area contributed by atoms with Gasteiger partial charge in [0.05, 0.1) is 5.39 Å². The van der Waals surface area contributed by atoms with Crippen LogP contribution >= 0.6 is 27.3 Å². The third kappa shape index (κ3) is 3.02. The number of H-pyrrole nitrogens is 1. The molecule has 3 aromatic heterocycles. The molecule has 118 valence electrons. The maximum absolute atomic E-state index is 4.46. The fourth-order valence-electron chi connectivity index (χ4n) is 2.58. The lowest BCUT2D eigenvalue weighted by Gasteiger charge is -2.08. The molecule has 0 amide bonds. The van der Waals surface area contributed by atoms with Crippen molar-refractivity contribution in [3.63, 3.8) is 0 Å². The van der Waals surface area contributed by atoms with E-state index in [0.717, 1.165) is 31.6 Å². The van der Waals surface area contributed by atoms with Crippen molar-refractivity contribution in [2.24, 2.45) is 0 Å². The molecule has 4 nitrogen and oxygen atoms in total. The van der Waals surface area contributed by atoms with E-state index in [4.69, 9.17) is 0 Å². The molecule has 0 fully saturated rings.